The molecule has 1 aromatic heterocycles. The van der Waals surface area contributed by atoms with Crippen molar-refractivity contribution in [2.75, 3.05) is 5.32 Å². The summed E-state index contributed by atoms with van der Waals surface area (Å²) >= 11 is 0. The lowest BCUT2D eigenvalue weighted by Crippen LogP contribution is -2.52. The van der Waals surface area contributed by atoms with Crippen LogP contribution in [0.3, 0.4) is 0 Å². The molecule has 2 heterocycles. The minimum atomic E-state index is -5.14. The Balaban J connectivity index is 1.87. The zero-order valence-corrected chi connectivity index (χ0v) is 12.8. The number of aliphatic hydroxyl groups is 1. The third kappa shape index (κ3) is 2.86. The fourth-order valence-corrected chi connectivity index (χ4v) is 2.23. The van der Waals surface area contributed by atoms with E-state index >= 15 is 0 Å². The van der Waals surface area contributed by atoms with Crippen molar-refractivity contribution in [1.29, 1.82) is 0 Å². The second-order valence-corrected chi connectivity index (χ2v) is 5.61. The lowest BCUT2D eigenvalue weighted by atomic mass is 10.0. The number of anilines is 1. The fraction of sp³-hybridized carbons (Fsp3) is 0.250. The van der Waals surface area contributed by atoms with Crippen molar-refractivity contribution < 1.29 is 37.0 Å². The zero-order valence-electron chi connectivity index (χ0n) is 12.8. The third-order valence-electron chi connectivity index (χ3n) is 3.83. The molecule has 9 heteroatoms. The van der Waals surface area contributed by atoms with E-state index in [0.717, 1.165) is 0 Å². The first-order valence-electron chi connectivity index (χ1n) is 7.10. The van der Waals surface area contributed by atoms with Gasteiger partial charge < -0.3 is 19.6 Å². The van der Waals surface area contributed by atoms with E-state index < -0.39 is 17.7 Å². The molecule has 132 valence electrons. The Labute approximate surface area is 139 Å². The Morgan fingerprint density at radius 2 is 1.96 bits per heavy atom. The summed E-state index contributed by atoms with van der Waals surface area (Å²) in [4.78, 5) is 24.1. The molecule has 1 aliphatic heterocycles. The molecule has 1 amide bonds. The SMILES string of the molecule is C[C@](O)(C(=O)Nc1ccc2c(c1)OCc1occc1C2=O)C(F)(F)F. The van der Waals surface area contributed by atoms with Crippen molar-refractivity contribution in [3.63, 3.8) is 0 Å². The van der Waals surface area contributed by atoms with Crippen LogP contribution >= 0.6 is 0 Å². The number of carbonyl (C=O) groups excluding carboxylic acids is 2. The predicted molar refractivity (Wildman–Crippen MR) is 78.2 cm³/mol. The second-order valence-electron chi connectivity index (χ2n) is 5.61. The molecule has 25 heavy (non-hydrogen) atoms. The molecule has 2 aromatic rings. The smallest absolute Gasteiger partial charge is 0.426 e. The molecular formula is C16H12F3NO5. The molecule has 0 saturated carbocycles. The molecule has 1 atom stereocenters. The van der Waals surface area contributed by atoms with Gasteiger partial charge in [-0.15, -0.1) is 0 Å². The fourth-order valence-electron chi connectivity index (χ4n) is 2.23. The Hall–Kier alpha value is -2.81. The first-order chi connectivity index (χ1) is 11.6. The van der Waals surface area contributed by atoms with Crippen LogP contribution in [0.1, 0.15) is 28.6 Å². The second kappa shape index (κ2) is 5.62. The van der Waals surface area contributed by atoms with Gasteiger partial charge in [0.25, 0.3) is 5.91 Å². The van der Waals surface area contributed by atoms with Crippen LogP contribution in [0.5, 0.6) is 5.75 Å². The highest BCUT2D eigenvalue weighted by molar-refractivity contribution is 6.12. The number of fused-ring (bicyclic) bond motifs is 2. The van der Waals surface area contributed by atoms with Crippen LogP contribution in [0.4, 0.5) is 18.9 Å². The third-order valence-corrected chi connectivity index (χ3v) is 3.83. The number of benzene rings is 1. The van der Waals surface area contributed by atoms with Crippen LogP contribution in [0, 0.1) is 0 Å². The van der Waals surface area contributed by atoms with Gasteiger partial charge in [0.05, 0.1) is 17.4 Å². The van der Waals surface area contributed by atoms with Gasteiger partial charge in [0.2, 0.25) is 5.60 Å². The van der Waals surface area contributed by atoms with Gasteiger partial charge in [0.1, 0.15) is 12.4 Å². The minimum absolute atomic E-state index is 0.0429. The van der Waals surface area contributed by atoms with Gasteiger partial charge >= 0.3 is 6.18 Å². The lowest BCUT2D eigenvalue weighted by molar-refractivity contribution is -0.242. The number of amides is 1. The van der Waals surface area contributed by atoms with E-state index in [1.54, 1.807) is 0 Å². The van der Waals surface area contributed by atoms with Crippen LogP contribution in [0.2, 0.25) is 0 Å². The van der Waals surface area contributed by atoms with E-state index in [1.807, 2.05) is 5.32 Å². The molecule has 3 rings (SSSR count). The number of alkyl halides is 3. The van der Waals surface area contributed by atoms with E-state index in [1.165, 1.54) is 30.5 Å². The Morgan fingerprint density at radius 1 is 1.24 bits per heavy atom. The Bertz CT molecular complexity index is 854. The topological polar surface area (TPSA) is 88.8 Å². The molecule has 1 aliphatic rings. The summed E-state index contributed by atoms with van der Waals surface area (Å²) in [6.07, 6.45) is -3.78. The van der Waals surface area contributed by atoms with Gasteiger partial charge in [0, 0.05) is 11.8 Å². The first-order valence-corrected chi connectivity index (χ1v) is 7.10. The number of hydrogen-bond donors (Lipinski definition) is 2. The van der Waals surface area contributed by atoms with E-state index in [2.05, 4.69) is 0 Å². The average Bonchev–Trinajstić information content (AvgIpc) is 2.95. The molecule has 0 unspecified atom stereocenters. The normalized spacial score (nSPS) is 16.1. The number of furan rings is 1. The van der Waals surface area contributed by atoms with Crippen molar-refractivity contribution in [2.24, 2.45) is 0 Å². The molecule has 1 aromatic carbocycles. The maximum Gasteiger partial charge on any atom is 0.426 e. The average molecular weight is 355 g/mol. The summed E-state index contributed by atoms with van der Waals surface area (Å²) in [5, 5.41) is 11.3. The Kier molecular flexibility index (Phi) is 3.83. The zero-order chi connectivity index (χ0) is 18.4. The highest BCUT2D eigenvalue weighted by Gasteiger charge is 2.55. The van der Waals surface area contributed by atoms with Gasteiger partial charge in [-0.25, -0.2) is 0 Å². The number of ketones is 1. The van der Waals surface area contributed by atoms with Crippen LogP contribution in [-0.4, -0.2) is 28.6 Å². The summed E-state index contributed by atoms with van der Waals surface area (Å²) in [6, 6.07) is 5.27. The molecule has 0 radical (unpaired) electrons. The molecule has 0 saturated heterocycles. The molecule has 2 N–H and O–H groups in total. The summed E-state index contributed by atoms with van der Waals surface area (Å²) in [5.41, 5.74) is -3.10. The van der Waals surface area contributed by atoms with Gasteiger partial charge in [-0.2, -0.15) is 13.2 Å². The van der Waals surface area contributed by atoms with E-state index in [-0.39, 0.29) is 29.4 Å². The van der Waals surface area contributed by atoms with Gasteiger partial charge in [-0.3, -0.25) is 9.59 Å². The van der Waals surface area contributed by atoms with Crippen molar-refractivity contribution in [2.45, 2.75) is 25.3 Å². The van der Waals surface area contributed by atoms with Crippen LogP contribution in [0.15, 0.2) is 34.9 Å². The Morgan fingerprint density at radius 3 is 2.64 bits per heavy atom. The number of ether oxygens (including phenoxy) is 1. The molecule has 0 aliphatic carbocycles. The van der Waals surface area contributed by atoms with Gasteiger partial charge in [-0.1, -0.05) is 0 Å². The number of carbonyl (C=O) groups is 2. The largest absolute Gasteiger partial charge is 0.485 e. The number of nitrogens with one attached hydrogen (secondary N) is 1. The maximum atomic E-state index is 12.7. The predicted octanol–water partition coefficient (Wildman–Crippen LogP) is 2.65. The van der Waals surface area contributed by atoms with Gasteiger partial charge in [-0.05, 0) is 25.1 Å². The standard InChI is InChI=1S/C16H12F3NO5/c1-15(23,16(17,18)19)14(22)20-8-2-3-9-11(6-8)25-7-12-10(13(9)21)4-5-24-12/h2-6,23H,7H2,1H3,(H,20,22)/t15-/m0/s1. The quantitative estimate of drug-likeness (QED) is 0.865. The summed E-state index contributed by atoms with van der Waals surface area (Å²) in [7, 11) is 0. The molecule has 6 nitrogen and oxygen atoms in total. The van der Waals surface area contributed by atoms with E-state index in [0.29, 0.717) is 18.2 Å². The van der Waals surface area contributed by atoms with Gasteiger partial charge in [0.15, 0.2) is 11.5 Å². The highest BCUT2D eigenvalue weighted by Crippen LogP contribution is 2.33. The molecule has 0 fully saturated rings. The molecule has 0 bridgehead atoms. The summed E-state index contributed by atoms with van der Waals surface area (Å²) in [6.45, 7) is 0.308. The van der Waals surface area contributed by atoms with Crippen molar-refractivity contribution in [1.82, 2.24) is 0 Å². The number of hydrogen-bond acceptors (Lipinski definition) is 5. The minimum Gasteiger partial charge on any atom is -0.485 e. The number of rotatable bonds is 2. The highest BCUT2D eigenvalue weighted by atomic mass is 19.4. The van der Waals surface area contributed by atoms with E-state index in [9.17, 15) is 27.9 Å². The summed E-state index contributed by atoms with van der Waals surface area (Å²) in [5.74, 6) is -1.60. The van der Waals surface area contributed by atoms with Crippen molar-refractivity contribution in [3.05, 3.63) is 47.4 Å². The molecule has 0 spiro atoms. The van der Waals surface area contributed by atoms with Crippen molar-refractivity contribution >= 4 is 17.4 Å². The van der Waals surface area contributed by atoms with Crippen LogP contribution in [0.25, 0.3) is 0 Å². The maximum absolute atomic E-state index is 12.7. The first kappa shape index (κ1) is 17.0. The van der Waals surface area contributed by atoms with E-state index in [4.69, 9.17) is 9.15 Å². The monoisotopic (exact) mass is 355 g/mol. The van der Waals surface area contributed by atoms with Crippen molar-refractivity contribution in [3.8, 4) is 5.75 Å². The van der Waals surface area contributed by atoms with Crippen LogP contribution < -0.4 is 10.1 Å². The van der Waals surface area contributed by atoms with Crippen LogP contribution in [-0.2, 0) is 11.4 Å². The number of halogens is 3. The lowest BCUT2D eigenvalue weighted by Gasteiger charge is -2.25. The molecular weight excluding hydrogens is 343 g/mol. The summed E-state index contributed by atoms with van der Waals surface area (Å²) < 4.78 is 48.6.